The summed E-state index contributed by atoms with van der Waals surface area (Å²) in [7, 11) is 1.39. The molecule has 14 heteroatoms. The van der Waals surface area contributed by atoms with E-state index in [0.717, 1.165) is 0 Å². The number of nitrogens with two attached hydrogens (primary N) is 1. The van der Waals surface area contributed by atoms with Crippen LogP contribution < -0.4 is 27.2 Å². The second-order valence-electron chi connectivity index (χ2n) is 7.20. The van der Waals surface area contributed by atoms with E-state index in [9.17, 15) is 24.3 Å². The Balaban J connectivity index is 1.63. The summed E-state index contributed by atoms with van der Waals surface area (Å²) in [5.41, 5.74) is 6.44. The van der Waals surface area contributed by atoms with Gasteiger partial charge < -0.3 is 31.9 Å². The van der Waals surface area contributed by atoms with Crippen LogP contribution in [0.5, 0.6) is 0 Å². The first-order valence-corrected chi connectivity index (χ1v) is 9.97. The second-order valence-corrected chi connectivity index (χ2v) is 7.20. The molecule has 0 saturated heterocycles. The topological polar surface area (TPSA) is 225 Å². The number of carboxylic acids is 2. The summed E-state index contributed by atoms with van der Waals surface area (Å²) in [6.07, 6.45) is 1.12. The van der Waals surface area contributed by atoms with Crippen LogP contribution in [0.3, 0.4) is 0 Å². The molecule has 0 spiro atoms. The highest BCUT2D eigenvalue weighted by molar-refractivity contribution is 5.97. The van der Waals surface area contributed by atoms with Crippen molar-refractivity contribution in [1.29, 1.82) is 0 Å². The van der Waals surface area contributed by atoms with Gasteiger partial charge in [-0.15, -0.1) is 0 Å². The Morgan fingerprint density at radius 1 is 1.09 bits per heavy atom. The number of rotatable bonds is 10. The molecule has 14 nitrogen and oxygen atoms in total. The molecule has 2 aromatic heterocycles. The third-order valence-corrected chi connectivity index (χ3v) is 4.83. The molecule has 0 saturated carbocycles. The van der Waals surface area contributed by atoms with Gasteiger partial charge in [0.05, 0.1) is 18.4 Å². The van der Waals surface area contributed by atoms with Gasteiger partial charge in [0.2, 0.25) is 5.95 Å². The third kappa shape index (κ3) is 5.80. The van der Waals surface area contributed by atoms with E-state index < -0.39 is 35.5 Å². The van der Waals surface area contributed by atoms with Crippen LogP contribution in [0.1, 0.15) is 22.5 Å². The fourth-order valence-electron chi connectivity index (χ4n) is 3.03. The quantitative estimate of drug-likeness (QED) is 0.192. The van der Waals surface area contributed by atoms with E-state index in [1.807, 2.05) is 0 Å². The van der Waals surface area contributed by atoms with E-state index in [-0.39, 0.29) is 35.6 Å². The summed E-state index contributed by atoms with van der Waals surface area (Å²) in [5, 5.41) is 26.3. The summed E-state index contributed by atoms with van der Waals surface area (Å²) in [4.78, 5) is 61.5. The lowest BCUT2D eigenvalue weighted by Crippen LogP contribution is -2.47. The van der Waals surface area contributed by atoms with Crippen LogP contribution in [0.25, 0.3) is 11.2 Å². The number of fused-ring (bicyclic) bond motifs is 1. The minimum atomic E-state index is -1.39. The van der Waals surface area contributed by atoms with Crippen LogP contribution >= 0.6 is 0 Å². The van der Waals surface area contributed by atoms with Gasteiger partial charge in [-0.25, -0.2) is 14.8 Å². The number of H-pyrrole nitrogens is 1. The largest absolute Gasteiger partial charge is 0.480 e. The van der Waals surface area contributed by atoms with Crippen LogP contribution in [0.2, 0.25) is 0 Å². The number of hydrogen-bond acceptors (Lipinski definition) is 10. The van der Waals surface area contributed by atoms with Crippen LogP contribution in [-0.4, -0.2) is 67.1 Å². The number of nitrogen functional groups attached to an aromatic ring is 1. The molecule has 8 N–H and O–H groups in total. The summed E-state index contributed by atoms with van der Waals surface area (Å²) in [5.74, 6) is -3.29. The van der Waals surface area contributed by atoms with Crippen molar-refractivity contribution in [3.63, 3.8) is 0 Å². The highest BCUT2D eigenvalue weighted by atomic mass is 16.4. The second kappa shape index (κ2) is 10.4. The number of carbonyl (C=O) groups is 3. The molecular formula is C20H22N8O6. The molecule has 0 bridgehead atoms. The molecule has 3 rings (SSSR count). The SMILES string of the molecule is CNC(C[C@H](NC(=O)c1ccc(NCc2cnc3nc(N)[nH]c(=O)c3n2)cc1)C(=O)O)C(=O)O. The van der Waals surface area contributed by atoms with E-state index in [1.165, 1.54) is 25.4 Å². The van der Waals surface area contributed by atoms with Crippen molar-refractivity contribution in [2.75, 3.05) is 18.1 Å². The lowest BCUT2D eigenvalue weighted by molar-refractivity contribution is -0.142. The number of likely N-dealkylation sites (N-methyl/N-ethyl adjacent to an activating group) is 1. The molecule has 3 aromatic rings. The van der Waals surface area contributed by atoms with Crippen molar-refractivity contribution in [2.24, 2.45) is 0 Å². The number of nitrogens with zero attached hydrogens (tertiary/aromatic N) is 3. The number of anilines is 2. The summed E-state index contributed by atoms with van der Waals surface area (Å²) in [6.45, 7) is 0.222. The van der Waals surface area contributed by atoms with E-state index in [0.29, 0.717) is 11.4 Å². The molecule has 34 heavy (non-hydrogen) atoms. The fourth-order valence-corrected chi connectivity index (χ4v) is 3.03. The van der Waals surface area contributed by atoms with E-state index in [2.05, 4.69) is 35.9 Å². The lowest BCUT2D eigenvalue weighted by atomic mass is 10.1. The predicted octanol–water partition coefficient (Wildman–Crippen LogP) is -0.847. The Kier molecular flexibility index (Phi) is 7.33. The number of benzene rings is 1. The van der Waals surface area contributed by atoms with Crippen molar-refractivity contribution in [3.8, 4) is 0 Å². The minimum Gasteiger partial charge on any atom is -0.480 e. The van der Waals surface area contributed by atoms with Gasteiger partial charge in [0, 0.05) is 17.7 Å². The summed E-state index contributed by atoms with van der Waals surface area (Å²) < 4.78 is 0. The van der Waals surface area contributed by atoms with Crippen LogP contribution in [-0.2, 0) is 16.1 Å². The Morgan fingerprint density at radius 3 is 2.38 bits per heavy atom. The van der Waals surface area contributed by atoms with Crippen molar-refractivity contribution >= 4 is 40.6 Å². The normalized spacial score (nSPS) is 12.6. The molecule has 2 atom stereocenters. The zero-order chi connectivity index (χ0) is 24.8. The number of carboxylic acid groups (broad SMARTS) is 2. The first kappa shape index (κ1) is 24.1. The van der Waals surface area contributed by atoms with Gasteiger partial charge in [-0.2, -0.15) is 4.98 Å². The molecule has 1 amide bonds. The molecular weight excluding hydrogens is 448 g/mol. The van der Waals surface area contributed by atoms with E-state index in [1.54, 1.807) is 12.1 Å². The van der Waals surface area contributed by atoms with E-state index in [4.69, 9.17) is 10.8 Å². The molecule has 1 aromatic carbocycles. The number of aromatic amines is 1. The lowest BCUT2D eigenvalue weighted by Gasteiger charge is -2.18. The maximum atomic E-state index is 12.4. The highest BCUT2D eigenvalue weighted by Crippen LogP contribution is 2.12. The Hall–Kier alpha value is -4.59. The van der Waals surface area contributed by atoms with E-state index >= 15 is 0 Å². The van der Waals surface area contributed by atoms with Gasteiger partial charge in [0.25, 0.3) is 11.5 Å². The number of nitrogens with one attached hydrogen (secondary N) is 4. The summed E-state index contributed by atoms with van der Waals surface area (Å²) in [6, 6.07) is 3.64. The van der Waals surface area contributed by atoms with Gasteiger partial charge in [-0.3, -0.25) is 19.4 Å². The monoisotopic (exact) mass is 470 g/mol. The minimum absolute atomic E-state index is 0.0527. The maximum Gasteiger partial charge on any atom is 0.326 e. The number of hydrogen-bond donors (Lipinski definition) is 7. The van der Waals surface area contributed by atoms with Crippen LogP contribution in [0.4, 0.5) is 11.6 Å². The number of amides is 1. The zero-order valence-electron chi connectivity index (χ0n) is 17.9. The van der Waals surface area contributed by atoms with Gasteiger partial charge in [-0.1, -0.05) is 0 Å². The van der Waals surface area contributed by atoms with Crippen molar-refractivity contribution in [1.82, 2.24) is 30.6 Å². The first-order valence-electron chi connectivity index (χ1n) is 9.97. The van der Waals surface area contributed by atoms with Crippen molar-refractivity contribution in [2.45, 2.75) is 25.0 Å². The Bertz CT molecular complexity index is 1280. The predicted molar refractivity (Wildman–Crippen MR) is 120 cm³/mol. The highest BCUT2D eigenvalue weighted by Gasteiger charge is 2.27. The number of aromatic nitrogens is 4. The molecule has 2 heterocycles. The molecule has 0 aliphatic rings. The standard InChI is InChI=1S/C20H22N8O6/c1-22-12(18(31)32)6-13(19(33)34)26-16(29)9-2-4-10(5-3-9)23-7-11-8-24-15-14(25-11)17(30)28-20(21)27-15/h2-5,8,12-13,22-23H,6-7H2,1H3,(H,26,29)(H,31,32)(H,33,34)(H3,21,24,27,28,30)/t12?,13-/m0/s1. The van der Waals surface area contributed by atoms with Gasteiger partial charge >= 0.3 is 11.9 Å². The number of aliphatic carboxylic acids is 2. The van der Waals surface area contributed by atoms with Crippen LogP contribution in [0.15, 0.2) is 35.3 Å². The Labute approximate surface area is 191 Å². The smallest absolute Gasteiger partial charge is 0.326 e. The molecule has 178 valence electrons. The molecule has 0 aliphatic carbocycles. The average Bonchev–Trinajstić information content (AvgIpc) is 2.80. The zero-order valence-corrected chi connectivity index (χ0v) is 17.9. The van der Waals surface area contributed by atoms with Gasteiger partial charge in [0.15, 0.2) is 11.2 Å². The summed E-state index contributed by atoms with van der Waals surface area (Å²) >= 11 is 0. The third-order valence-electron chi connectivity index (χ3n) is 4.83. The average molecular weight is 470 g/mol. The van der Waals surface area contributed by atoms with Gasteiger partial charge in [-0.05, 0) is 31.3 Å². The van der Waals surface area contributed by atoms with Crippen molar-refractivity contribution in [3.05, 3.63) is 52.1 Å². The first-order chi connectivity index (χ1) is 16.2. The molecule has 0 aliphatic heterocycles. The van der Waals surface area contributed by atoms with Crippen LogP contribution in [0, 0.1) is 0 Å². The maximum absolute atomic E-state index is 12.4. The molecule has 0 radical (unpaired) electrons. The number of carbonyl (C=O) groups excluding carboxylic acids is 1. The van der Waals surface area contributed by atoms with Gasteiger partial charge in [0.1, 0.15) is 12.1 Å². The Morgan fingerprint density at radius 2 is 1.76 bits per heavy atom. The molecule has 0 fully saturated rings. The molecule has 1 unspecified atom stereocenters. The fraction of sp³-hybridized carbons (Fsp3) is 0.250. The van der Waals surface area contributed by atoms with Crippen molar-refractivity contribution < 1.29 is 24.6 Å².